The van der Waals surface area contributed by atoms with Crippen LogP contribution in [0.4, 0.5) is 5.69 Å². The maximum atomic E-state index is 11.8. The summed E-state index contributed by atoms with van der Waals surface area (Å²) in [6.45, 7) is 0. The summed E-state index contributed by atoms with van der Waals surface area (Å²) in [5.41, 5.74) is 2.56. The number of aromatic nitrogens is 1. The van der Waals surface area contributed by atoms with Crippen molar-refractivity contribution in [2.24, 2.45) is 4.99 Å². The monoisotopic (exact) mass is 287 g/mol. The molecule has 2 heterocycles. The second kappa shape index (κ2) is 5.38. The Labute approximate surface area is 118 Å². The van der Waals surface area contributed by atoms with Crippen LogP contribution in [0.1, 0.15) is 4.88 Å². The molecule has 0 atom stereocenters. The Morgan fingerprint density at radius 1 is 1.26 bits per heavy atom. The molecule has 1 aromatic carbocycles. The van der Waals surface area contributed by atoms with Crippen LogP contribution in [-0.4, -0.2) is 16.1 Å². The first kappa shape index (κ1) is 12.1. The summed E-state index contributed by atoms with van der Waals surface area (Å²) >= 11 is 2.84. The van der Waals surface area contributed by atoms with Crippen LogP contribution < -0.4 is 5.32 Å². The van der Waals surface area contributed by atoms with Gasteiger partial charge in [-0.2, -0.15) is 0 Å². The highest BCUT2D eigenvalue weighted by molar-refractivity contribution is 8.18. The van der Waals surface area contributed by atoms with Crippen LogP contribution in [0.3, 0.4) is 0 Å². The Kier molecular flexibility index (Phi) is 3.43. The molecule has 1 saturated heterocycles. The Hall–Kier alpha value is -1.92. The molecule has 3 rings (SSSR count). The summed E-state index contributed by atoms with van der Waals surface area (Å²) in [6, 6.07) is 9.54. The van der Waals surface area contributed by atoms with Crippen molar-refractivity contribution < 1.29 is 4.79 Å². The molecule has 6 heteroatoms. The number of amides is 1. The molecule has 1 aliphatic rings. The Morgan fingerprint density at radius 3 is 2.84 bits per heavy atom. The fraction of sp³-hybridized carbons (Fsp3) is 0. The number of rotatable bonds is 2. The van der Waals surface area contributed by atoms with Crippen molar-refractivity contribution in [3.8, 4) is 0 Å². The Balaban J connectivity index is 1.82. The standard InChI is InChI=1S/C13H9N3OS2/c17-12-11(6-10-7-14-8-18-10)19-13(16-12)15-9-4-2-1-3-5-9/h1-8H,(H,15,16,17)/b11-6-. The highest BCUT2D eigenvalue weighted by Gasteiger charge is 2.23. The van der Waals surface area contributed by atoms with Gasteiger partial charge in [-0.25, -0.2) is 4.99 Å². The minimum Gasteiger partial charge on any atom is -0.300 e. The number of thiazole rings is 1. The lowest BCUT2D eigenvalue weighted by atomic mass is 10.3. The van der Waals surface area contributed by atoms with Crippen LogP contribution in [-0.2, 0) is 4.79 Å². The summed E-state index contributed by atoms with van der Waals surface area (Å²) in [4.78, 5) is 21.8. The highest BCUT2D eigenvalue weighted by Crippen LogP contribution is 2.28. The van der Waals surface area contributed by atoms with Gasteiger partial charge in [0.15, 0.2) is 5.17 Å². The summed E-state index contributed by atoms with van der Waals surface area (Å²) in [5.74, 6) is -0.118. The van der Waals surface area contributed by atoms with Crippen LogP contribution in [0.5, 0.6) is 0 Å². The molecule has 94 valence electrons. The largest absolute Gasteiger partial charge is 0.300 e. The van der Waals surface area contributed by atoms with Gasteiger partial charge in [0.25, 0.3) is 5.91 Å². The van der Waals surface area contributed by atoms with Crippen molar-refractivity contribution in [3.63, 3.8) is 0 Å². The van der Waals surface area contributed by atoms with E-state index in [1.807, 2.05) is 36.4 Å². The van der Waals surface area contributed by atoms with Crippen LogP contribution in [0.25, 0.3) is 6.08 Å². The number of aliphatic imine (C=N–C) groups is 1. The first-order chi connectivity index (χ1) is 9.31. The molecule has 1 N–H and O–H groups in total. The van der Waals surface area contributed by atoms with Crippen molar-refractivity contribution in [2.45, 2.75) is 0 Å². The van der Waals surface area contributed by atoms with Crippen LogP contribution in [0.15, 0.2) is 51.9 Å². The number of thioether (sulfide) groups is 1. The Morgan fingerprint density at radius 2 is 2.11 bits per heavy atom. The highest BCUT2D eigenvalue weighted by atomic mass is 32.2. The van der Waals surface area contributed by atoms with Gasteiger partial charge in [-0.3, -0.25) is 9.78 Å². The molecule has 1 amide bonds. The van der Waals surface area contributed by atoms with Gasteiger partial charge in [0.2, 0.25) is 0 Å². The predicted octanol–water partition coefficient (Wildman–Crippen LogP) is 3.03. The molecule has 19 heavy (non-hydrogen) atoms. The molecule has 1 fully saturated rings. The van der Waals surface area contributed by atoms with Gasteiger partial charge in [0.05, 0.1) is 16.1 Å². The fourth-order valence-corrected chi connectivity index (χ4v) is 2.98. The minimum atomic E-state index is -0.118. The maximum Gasteiger partial charge on any atom is 0.264 e. The average molecular weight is 287 g/mol. The number of amidine groups is 1. The number of carbonyl (C=O) groups is 1. The minimum absolute atomic E-state index is 0.118. The van der Waals surface area contributed by atoms with E-state index in [2.05, 4.69) is 15.3 Å². The third-order valence-corrected chi connectivity index (χ3v) is 3.99. The first-order valence-corrected chi connectivity index (χ1v) is 7.24. The van der Waals surface area contributed by atoms with E-state index in [9.17, 15) is 4.79 Å². The number of hydrogen-bond acceptors (Lipinski definition) is 5. The molecule has 0 unspecified atom stereocenters. The molecule has 1 aliphatic heterocycles. The zero-order valence-corrected chi connectivity index (χ0v) is 11.4. The van der Waals surface area contributed by atoms with E-state index in [-0.39, 0.29) is 5.91 Å². The maximum absolute atomic E-state index is 11.8. The third kappa shape index (κ3) is 2.91. The molecule has 0 aliphatic carbocycles. The second-order valence-corrected chi connectivity index (χ2v) is 5.67. The van der Waals surface area contributed by atoms with Crippen LogP contribution in [0, 0.1) is 0 Å². The summed E-state index contributed by atoms with van der Waals surface area (Å²) < 4.78 is 0. The lowest BCUT2D eigenvalue weighted by molar-refractivity contribution is -0.115. The van der Waals surface area contributed by atoms with Gasteiger partial charge < -0.3 is 5.32 Å². The van der Waals surface area contributed by atoms with E-state index in [0.717, 1.165) is 10.6 Å². The van der Waals surface area contributed by atoms with Gasteiger partial charge in [-0.15, -0.1) is 11.3 Å². The lowest BCUT2D eigenvalue weighted by Crippen LogP contribution is -2.19. The van der Waals surface area contributed by atoms with Gasteiger partial charge in [-0.1, -0.05) is 18.2 Å². The van der Waals surface area contributed by atoms with Crippen molar-refractivity contribution in [1.29, 1.82) is 0 Å². The smallest absolute Gasteiger partial charge is 0.264 e. The average Bonchev–Trinajstić information content (AvgIpc) is 3.02. The van der Waals surface area contributed by atoms with E-state index in [0.29, 0.717) is 10.1 Å². The summed E-state index contributed by atoms with van der Waals surface area (Å²) in [5, 5.41) is 3.36. The predicted molar refractivity (Wildman–Crippen MR) is 79.4 cm³/mol. The molecule has 0 radical (unpaired) electrons. The number of carbonyl (C=O) groups excluding carboxylic acids is 1. The van der Waals surface area contributed by atoms with Crippen molar-refractivity contribution in [2.75, 3.05) is 0 Å². The number of nitrogens with one attached hydrogen (secondary N) is 1. The molecule has 0 bridgehead atoms. The molecule has 0 saturated carbocycles. The lowest BCUT2D eigenvalue weighted by Gasteiger charge is -1.94. The fourth-order valence-electron chi connectivity index (χ4n) is 1.53. The molecule has 0 spiro atoms. The van der Waals surface area contributed by atoms with E-state index < -0.39 is 0 Å². The number of benzene rings is 1. The molecule has 2 aromatic rings. The normalized spacial score (nSPS) is 19.1. The summed E-state index contributed by atoms with van der Waals surface area (Å²) in [7, 11) is 0. The van der Waals surface area contributed by atoms with Crippen LogP contribution in [0.2, 0.25) is 0 Å². The van der Waals surface area contributed by atoms with Crippen molar-refractivity contribution in [1.82, 2.24) is 10.3 Å². The molecular formula is C13H9N3OS2. The van der Waals surface area contributed by atoms with Gasteiger partial charge >= 0.3 is 0 Å². The summed E-state index contributed by atoms with van der Waals surface area (Å²) in [6.07, 6.45) is 3.56. The number of para-hydroxylation sites is 1. The van der Waals surface area contributed by atoms with Crippen LogP contribution >= 0.6 is 23.1 Å². The van der Waals surface area contributed by atoms with Gasteiger partial charge in [0, 0.05) is 11.1 Å². The molecule has 1 aromatic heterocycles. The van der Waals surface area contributed by atoms with Gasteiger partial charge in [0.1, 0.15) is 0 Å². The van der Waals surface area contributed by atoms with Gasteiger partial charge in [-0.05, 0) is 30.0 Å². The third-order valence-electron chi connectivity index (χ3n) is 2.36. The van der Waals surface area contributed by atoms with E-state index >= 15 is 0 Å². The Bertz CT molecular complexity index is 648. The van der Waals surface area contributed by atoms with E-state index in [1.54, 1.807) is 11.7 Å². The van der Waals surface area contributed by atoms with Crippen molar-refractivity contribution >= 4 is 45.9 Å². The number of nitrogens with zero attached hydrogens (tertiary/aromatic N) is 2. The molecule has 4 nitrogen and oxygen atoms in total. The first-order valence-electron chi connectivity index (χ1n) is 5.54. The quantitative estimate of drug-likeness (QED) is 0.864. The second-order valence-electron chi connectivity index (χ2n) is 3.72. The van der Waals surface area contributed by atoms with E-state index in [4.69, 9.17) is 0 Å². The zero-order valence-electron chi connectivity index (χ0n) is 9.74. The van der Waals surface area contributed by atoms with E-state index in [1.165, 1.54) is 23.1 Å². The molecular weight excluding hydrogens is 278 g/mol. The zero-order chi connectivity index (χ0) is 13.1. The number of hydrogen-bond donors (Lipinski definition) is 1. The topological polar surface area (TPSA) is 54.4 Å². The SMILES string of the molecule is O=C1N/C(=N/c2ccccc2)S/C1=C\c1cncs1. The van der Waals surface area contributed by atoms with Crippen molar-refractivity contribution in [3.05, 3.63) is 51.8 Å².